The number of carbonyl (C=O) groups is 2. The number of rotatable bonds is 3. The minimum atomic E-state index is -0.249. The second kappa shape index (κ2) is 7.52. The van der Waals surface area contributed by atoms with Gasteiger partial charge in [0, 0.05) is 29.7 Å². The first-order chi connectivity index (χ1) is 14.6. The molecule has 1 aliphatic heterocycles. The molecule has 1 aromatic carbocycles. The van der Waals surface area contributed by atoms with Crippen LogP contribution in [-0.4, -0.2) is 32.7 Å². The van der Waals surface area contributed by atoms with E-state index in [0.717, 1.165) is 42.2 Å². The molecule has 0 spiro atoms. The van der Waals surface area contributed by atoms with Crippen molar-refractivity contribution in [2.45, 2.75) is 51.6 Å². The molecule has 1 saturated carbocycles. The van der Waals surface area contributed by atoms with Gasteiger partial charge >= 0.3 is 0 Å². The van der Waals surface area contributed by atoms with Crippen molar-refractivity contribution in [3.05, 3.63) is 65.0 Å². The quantitative estimate of drug-likeness (QED) is 0.703. The predicted molar refractivity (Wildman–Crippen MR) is 115 cm³/mol. The van der Waals surface area contributed by atoms with Gasteiger partial charge in [0.1, 0.15) is 11.5 Å². The van der Waals surface area contributed by atoms with Gasteiger partial charge in [-0.2, -0.15) is 0 Å². The monoisotopic (exact) mass is 400 g/mol. The fourth-order valence-electron chi connectivity index (χ4n) is 4.69. The number of hydrogen-bond donors (Lipinski definition) is 1. The van der Waals surface area contributed by atoms with Gasteiger partial charge in [-0.15, -0.1) is 0 Å². The Hall–Kier alpha value is -3.28. The molecule has 2 aliphatic rings. The summed E-state index contributed by atoms with van der Waals surface area (Å²) in [6, 6.07) is 11.5. The molecule has 0 unspecified atom stereocenters. The highest BCUT2D eigenvalue weighted by atomic mass is 16.2. The zero-order valence-electron chi connectivity index (χ0n) is 17.0. The lowest BCUT2D eigenvalue weighted by atomic mass is 9.94. The maximum atomic E-state index is 13.4. The topological polar surface area (TPSA) is 75.2 Å². The fourth-order valence-corrected chi connectivity index (χ4v) is 4.69. The van der Waals surface area contributed by atoms with Crippen LogP contribution >= 0.6 is 0 Å². The molecule has 30 heavy (non-hydrogen) atoms. The van der Waals surface area contributed by atoms with Gasteiger partial charge < -0.3 is 10.2 Å². The molecule has 5 rings (SSSR count). The Labute approximate surface area is 175 Å². The maximum Gasteiger partial charge on any atom is 0.273 e. The van der Waals surface area contributed by atoms with Gasteiger partial charge in [-0.1, -0.05) is 37.5 Å². The van der Waals surface area contributed by atoms with Gasteiger partial charge in [0.15, 0.2) is 0 Å². The van der Waals surface area contributed by atoms with Gasteiger partial charge in [-0.3, -0.25) is 9.59 Å². The zero-order chi connectivity index (χ0) is 20.7. The summed E-state index contributed by atoms with van der Waals surface area (Å²) < 4.78 is 0. The molecule has 2 aromatic heterocycles. The van der Waals surface area contributed by atoms with E-state index in [1.807, 2.05) is 48.2 Å². The number of nitrogens with one attached hydrogen (secondary N) is 1. The van der Waals surface area contributed by atoms with Crippen LogP contribution in [0, 0.1) is 6.92 Å². The van der Waals surface area contributed by atoms with Crippen LogP contribution < -0.4 is 5.32 Å². The normalized spacial score (nSPS) is 16.7. The lowest BCUT2D eigenvalue weighted by Crippen LogP contribution is -2.37. The molecule has 3 heterocycles. The third-order valence-corrected chi connectivity index (χ3v) is 6.18. The molecule has 1 N–H and O–H groups in total. The summed E-state index contributed by atoms with van der Waals surface area (Å²) in [7, 11) is 0. The number of aromatic nitrogens is 2. The highest BCUT2D eigenvalue weighted by molar-refractivity contribution is 6.16. The Kier molecular flexibility index (Phi) is 4.69. The molecule has 2 amide bonds. The first-order valence-corrected chi connectivity index (χ1v) is 10.6. The van der Waals surface area contributed by atoms with Crippen LogP contribution in [0.1, 0.15) is 64.1 Å². The SMILES string of the molecule is Cc1ccnc(NC(=O)c2c3c(nc4ccccc24)C(=O)N(C2CCCCC2)C3)c1. The molecule has 1 aliphatic carbocycles. The molecule has 6 nitrogen and oxygen atoms in total. The van der Waals surface area contributed by atoms with E-state index in [1.165, 1.54) is 6.42 Å². The summed E-state index contributed by atoms with van der Waals surface area (Å²) in [4.78, 5) is 37.5. The average molecular weight is 400 g/mol. The van der Waals surface area contributed by atoms with Crippen LogP contribution in [-0.2, 0) is 6.54 Å². The van der Waals surface area contributed by atoms with E-state index in [0.29, 0.717) is 29.1 Å². The van der Waals surface area contributed by atoms with Gasteiger partial charge in [0.05, 0.1) is 11.1 Å². The second-order valence-corrected chi connectivity index (χ2v) is 8.23. The second-order valence-electron chi connectivity index (χ2n) is 8.23. The average Bonchev–Trinajstić information content (AvgIpc) is 3.08. The molecule has 0 bridgehead atoms. The van der Waals surface area contributed by atoms with Crippen molar-refractivity contribution >= 4 is 28.5 Å². The first-order valence-electron chi connectivity index (χ1n) is 10.6. The summed E-state index contributed by atoms with van der Waals surface area (Å²) in [6.07, 6.45) is 7.24. The first kappa shape index (κ1) is 18.7. The molecule has 0 saturated heterocycles. The minimum absolute atomic E-state index is 0.0506. The van der Waals surface area contributed by atoms with E-state index in [1.54, 1.807) is 6.20 Å². The van der Waals surface area contributed by atoms with Crippen LogP contribution in [0.2, 0.25) is 0 Å². The summed E-state index contributed by atoms with van der Waals surface area (Å²) in [5, 5.41) is 3.69. The van der Waals surface area contributed by atoms with E-state index in [9.17, 15) is 9.59 Å². The number of hydrogen-bond acceptors (Lipinski definition) is 4. The van der Waals surface area contributed by atoms with Crippen molar-refractivity contribution in [2.75, 3.05) is 5.32 Å². The highest BCUT2D eigenvalue weighted by Gasteiger charge is 2.38. The Bertz CT molecular complexity index is 1150. The van der Waals surface area contributed by atoms with Gasteiger partial charge in [-0.05, 0) is 43.5 Å². The largest absolute Gasteiger partial charge is 0.330 e. The van der Waals surface area contributed by atoms with Gasteiger partial charge in [0.25, 0.3) is 11.8 Å². The lowest BCUT2D eigenvalue weighted by molar-refractivity contribution is 0.0655. The molecular formula is C24H24N4O2. The van der Waals surface area contributed by atoms with Crippen molar-refractivity contribution in [2.24, 2.45) is 0 Å². The van der Waals surface area contributed by atoms with Crippen LogP contribution in [0.25, 0.3) is 10.9 Å². The number of pyridine rings is 2. The fraction of sp³-hybridized carbons (Fsp3) is 0.333. The molecule has 152 valence electrons. The summed E-state index contributed by atoms with van der Waals surface area (Å²) in [6.45, 7) is 2.40. The maximum absolute atomic E-state index is 13.4. The van der Waals surface area contributed by atoms with E-state index < -0.39 is 0 Å². The predicted octanol–water partition coefficient (Wildman–Crippen LogP) is 4.48. The number of benzene rings is 1. The zero-order valence-corrected chi connectivity index (χ0v) is 17.0. The summed E-state index contributed by atoms with van der Waals surface area (Å²) in [5.74, 6) is 0.203. The standard InChI is InChI=1S/C24H24N4O2/c1-15-11-12-25-20(13-15)27-23(29)21-17-9-5-6-10-19(17)26-22-18(21)14-28(24(22)30)16-7-3-2-4-8-16/h5-6,9-13,16H,2-4,7-8,14H2,1H3,(H,25,27,29). The number of anilines is 1. The molecular weight excluding hydrogens is 376 g/mol. The van der Waals surface area contributed by atoms with E-state index in [-0.39, 0.29) is 17.9 Å². The summed E-state index contributed by atoms with van der Waals surface area (Å²) >= 11 is 0. The van der Waals surface area contributed by atoms with Crippen LogP contribution in [0.5, 0.6) is 0 Å². The van der Waals surface area contributed by atoms with Crippen molar-refractivity contribution in [1.29, 1.82) is 0 Å². The van der Waals surface area contributed by atoms with Crippen molar-refractivity contribution in [3.63, 3.8) is 0 Å². The van der Waals surface area contributed by atoms with Crippen LogP contribution in [0.3, 0.4) is 0 Å². The number of aryl methyl sites for hydroxylation is 1. The molecule has 6 heteroatoms. The third-order valence-electron chi connectivity index (χ3n) is 6.18. The molecule has 0 atom stereocenters. The highest BCUT2D eigenvalue weighted by Crippen LogP contribution is 2.34. The van der Waals surface area contributed by atoms with Crippen molar-refractivity contribution in [3.8, 4) is 0 Å². The number of amides is 2. The smallest absolute Gasteiger partial charge is 0.273 e. The van der Waals surface area contributed by atoms with Crippen LogP contribution in [0.4, 0.5) is 5.82 Å². The Morgan fingerprint density at radius 2 is 1.93 bits per heavy atom. The van der Waals surface area contributed by atoms with E-state index in [4.69, 9.17) is 0 Å². The van der Waals surface area contributed by atoms with Crippen molar-refractivity contribution < 1.29 is 9.59 Å². The number of para-hydroxylation sites is 1. The van der Waals surface area contributed by atoms with Gasteiger partial charge in [-0.25, -0.2) is 9.97 Å². The van der Waals surface area contributed by atoms with Gasteiger partial charge in [0.2, 0.25) is 0 Å². The number of nitrogens with zero attached hydrogens (tertiary/aromatic N) is 3. The molecule has 3 aromatic rings. The molecule has 0 radical (unpaired) electrons. The Morgan fingerprint density at radius 3 is 2.73 bits per heavy atom. The summed E-state index contributed by atoms with van der Waals surface area (Å²) in [5.41, 5.74) is 3.36. The van der Waals surface area contributed by atoms with E-state index in [2.05, 4.69) is 15.3 Å². The lowest BCUT2D eigenvalue weighted by Gasteiger charge is -2.30. The van der Waals surface area contributed by atoms with Crippen LogP contribution in [0.15, 0.2) is 42.6 Å². The molecule has 1 fully saturated rings. The van der Waals surface area contributed by atoms with E-state index >= 15 is 0 Å². The Balaban J connectivity index is 1.58. The minimum Gasteiger partial charge on any atom is -0.330 e. The number of fused-ring (bicyclic) bond motifs is 2. The van der Waals surface area contributed by atoms with Crippen molar-refractivity contribution in [1.82, 2.24) is 14.9 Å². The Morgan fingerprint density at radius 1 is 1.13 bits per heavy atom. The number of carbonyl (C=O) groups excluding carboxylic acids is 2. The third kappa shape index (κ3) is 3.22.